The Labute approximate surface area is 120 Å². The van der Waals surface area contributed by atoms with Gasteiger partial charge in [-0.3, -0.25) is 10.1 Å². The molecule has 6 heteroatoms. The highest BCUT2D eigenvalue weighted by molar-refractivity contribution is 6.29. The van der Waals surface area contributed by atoms with Crippen molar-refractivity contribution in [1.82, 2.24) is 4.98 Å². The Morgan fingerprint density at radius 1 is 1.35 bits per heavy atom. The van der Waals surface area contributed by atoms with E-state index < -0.39 is 10.8 Å². The van der Waals surface area contributed by atoms with E-state index in [2.05, 4.69) is 11.1 Å². The van der Waals surface area contributed by atoms with Gasteiger partial charge in [0.25, 0.3) is 5.69 Å². The summed E-state index contributed by atoms with van der Waals surface area (Å²) in [4.78, 5) is 14.5. The normalized spacial score (nSPS) is 11.7. The van der Waals surface area contributed by atoms with Gasteiger partial charge < -0.3 is 0 Å². The van der Waals surface area contributed by atoms with E-state index in [9.17, 15) is 15.4 Å². The van der Waals surface area contributed by atoms with E-state index >= 15 is 0 Å². The van der Waals surface area contributed by atoms with Crippen LogP contribution in [-0.4, -0.2) is 9.91 Å². The van der Waals surface area contributed by atoms with Gasteiger partial charge in [0.2, 0.25) is 0 Å². The summed E-state index contributed by atoms with van der Waals surface area (Å²) in [5.41, 5.74) is 1.42. The number of aryl methyl sites for hydroxylation is 1. The maximum atomic E-state index is 11.1. The fourth-order valence-corrected chi connectivity index (χ4v) is 2.15. The third kappa shape index (κ3) is 2.60. The molecule has 5 nitrogen and oxygen atoms in total. The van der Waals surface area contributed by atoms with Crippen molar-refractivity contribution in [2.24, 2.45) is 0 Å². The first-order valence-electron chi connectivity index (χ1n) is 5.80. The molecule has 1 aromatic heterocycles. The fraction of sp³-hybridized carbons (Fsp3) is 0.143. The zero-order chi connectivity index (χ0) is 14.7. The van der Waals surface area contributed by atoms with E-state index in [4.69, 9.17) is 11.6 Å². The summed E-state index contributed by atoms with van der Waals surface area (Å²) in [5.74, 6) is -0.824. The smallest absolute Gasteiger partial charge is 0.258 e. The number of nitrogens with zero attached hydrogens (tertiary/aromatic N) is 3. The van der Waals surface area contributed by atoms with Gasteiger partial charge in [0.1, 0.15) is 16.8 Å². The van der Waals surface area contributed by atoms with Crippen LogP contribution in [0.3, 0.4) is 0 Å². The molecule has 0 fully saturated rings. The van der Waals surface area contributed by atoms with Gasteiger partial charge in [-0.25, -0.2) is 4.98 Å². The van der Waals surface area contributed by atoms with Crippen LogP contribution in [0.2, 0.25) is 5.15 Å². The fourth-order valence-electron chi connectivity index (χ4n) is 2.00. The second kappa shape index (κ2) is 5.68. The standard InChI is InChI=1S/C14H10ClN3O2/c1-9-4-2-3-5-10(9)11(8-16)14-12(18(19)20)6-7-13(15)17-14/h2-7,11H,1H3. The average Bonchev–Trinajstić information content (AvgIpc) is 2.41. The lowest BCUT2D eigenvalue weighted by Gasteiger charge is -2.12. The van der Waals surface area contributed by atoms with Crippen LogP contribution in [0.5, 0.6) is 0 Å². The van der Waals surface area contributed by atoms with E-state index in [1.165, 1.54) is 12.1 Å². The summed E-state index contributed by atoms with van der Waals surface area (Å²) < 4.78 is 0. The van der Waals surface area contributed by atoms with Crippen molar-refractivity contribution in [3.05, 3.63) is 68.5 Å². The Balaban J connectivity index is 2.65. The number of hydrogen-bond donors (Lipinski definition) is 0. The van der Waals surface area contributed by atoms with Crippen molar-refractivity contribution in [2.45, 2.75) is 12.8 Å². The Morgan fingerprint density at radius 2 is 2.05 bits per heavy atom. The summed E-state index contributed by atoms with van der Waals surface area (Å²) in [7, 11) is 0. The molecule has 0 aliphatic heterocycles. The van der Waals surface area contributed by atoms with Gasteiger partial charge in [0.05, 0.1) is 11.0 Å². The van der Waals surface area contributed by atoms with Gasteiger partial charge in [0.15, 0.2) is 0 Å². The molecule has 0 aliphatic rings. The van der Waals surface area contributed by atoms with Gasteiger partial charge in [-0.2, -0.15) is 5.26 Å². The Morgan fingerprint density at radius 3 is 2.65 bits per heavy atom. The molecule has 20 heavy (non-hydrogen) atoms. The maximum absolute atomic E-state index is 11.1. The lowest BCUT2D eigenvalue weighted by atomic mass is 9.92. The molecule has 100 valence electrons. The predicted molar refractivity (Wildman–Crippen MR) is 74.5 cm³/mol. The van der Waals surface area contributed by atoms with Crippen LogP contribution in [-0.2, 0) is 0 Å². The molecule has 0 saturated carbocycles. The average molecular weight is 288 g/mol. The van der Waals surface area contributed by atoms with Gasteiger partial charge >= 0.3 is 0 Å². The molecule has 0 aliphatic carbocycles. The van der Waals surface area contributed by atoms with Gasteiger partial charge in [-0.1, -0.05) is 35.9 Å². The number of hydrogen-bond acceptors (Lipinski definition) is 4. The zero-order valence-corrected chi connectivity index (χ0v) is 11.3. The largest absolute Gasteiger partial charge is 0.292 e. The maximum Gasteiger partial charge on any atom is 0.292 e. The van der Waals surface area contributed by atoms with Crippen LogP contribution in [0.4, 0.5) is 5.69 Å². The first-order valence-corrected chi connectivity index (χ1v) is 6.18. The van der Waals surface area contributed by atoms with Crippen LogP contribution in [0.1, 0.15) is 22.7 Å². The second-order valence-corrected chi connectivity index (χ2v) is 4.60. The summed E-state index contributed by atoms with van der Waals surface area (Å²) in [5, 5.41) is 20.6. The number of nitro groups is 1. The molecule has 0 saturated heterocycles. The minimum absolute atomic E-state index is 0.0688. The first kappa shape index (κ1) is 14.0. The van der Waals surface area contributed by atoms with Gasteiger partial charge in [-0.15, -0.1) is 0 Å². The molecule has 1 heterocycles. The molecule has 1 aromatic carbocycles. The summed E-state index contributed by atoms with van der Waals surface area (Å²) in [6.45, 7) is 1.84. The lowest BCUT2D eigenvalue weighted by Crippen LogP contribution is -2.07. The summed E-state index contributed by atoms with van der Waals surface area (Å²) in [6.07, 6.45) is 0. The molecule has 0 spiro atoms. The molecule has 2 aromatic rings. The molecule has 0 amide bonds. The van der Waals surface area contributed by atoms with Crippen molar-refractivity contribution in [2.75, 3.05) is 0 Å². The zero-order valence-electron chi connectivity index (χ0n) is 10.6. The molecule has 0 radical (unpaired) electrons. The van der Waals surface area contributed by atoms with Crippen molar-refractivity contribution in [3.63, 3.8) is 0 Å². The first-order chi connectivity index (χ1) is 9.54. The van der Waals surface area contributed by atoms with E-state index in [0.29, 0.717) is 5.56 Å². The van der Waals surface area contributed by atoms with Gasteiger partial charge in [0, 0.05) is 6.07 Å². The molecular weight excluding hydrogens is 278 g/mol. The third-order valence-corrected chi connectivity index (χ3v) is 3.18. The van der Waals surface area contributed by atoms with Crippen LogP contribution < -0.4 is 0 Å². The van der Waals surface area contributed by atoms with Crippen LogP contribution in [0, 0.1) is 28.4 Å². The topological polar surface area (TPSA) is 79.8 Å². The number of aromatic nitrogens is 1. The number of pyridine rings is 1. The van der Waals surface area contributed by atoms with Crippen molar-refractivity contribution < 1.29 is 4.92 Å². The molecule has 2 rings (SSSR count). The Kier molecular flexibility index (Phi) is 3.97. The molecule has 1 atom stereocenters. The number of rotatable bonds is 3. The summed E-state index contributed by atoms with van der Waals surface area (Å²) >= 11 is 5.81. The minimum Gasteiger partial charge on any atom is -0.258 e. The highest BCUT2D eigenvalue weighted by atomic mass is 35.5. The lowest BCUT2D eigenvalue weighted by molar-refractivity contribution is -0.386. The quantitative estimate of drug-likeness (QED) is 0.491. The molecule has 0 bridgehead atoms. The monoisotopic (exact) mass is 287 g/mol. The van der Waals surface area contributed by atoms with E-state index in [1.54, 1.807) is 12.1 Å². The highest BCUT2D eigenvalue weighted by Crippen LogP contribution is 2.32. The summed E-state index contributed by atoms with van der Waals surface area (Å²) in [6, 6.07) is 11.9. The third-order valence-electron chi connectivity index (χ3n) is 2.97. The van der Waals surface area contributed by atoms with E-state index in [0.717, 1.165) is 5.56 Å². The van der Waals surface area contributed by atoms with Crippen molar-refractivity contribution >= 4 is 17.3 Å². The highest BCUT2D eigenvalue weighted by Gasteiger charge is 2.26. The van der Waals surface area contributed by atoms with Gasteiger partial charge in [-0.05, 0) is 24.1 Å². The second-order valence-electron chi connectivity index (χ2n) is 4.21. The van der Waals surface area contributed by atoms with E-state index in [-0.39, 0.29) is 16.5 Å². The number of benzene rings is 1. The van der Waals surface area contributed by atoms with Crippen LogP contribution >= 0.6 is 11.6 Å². The predicted octanol–water partition coefficient (Wildman–Crippen LogP) is 3.61. The van der Waals surface area contributed by atoms with Crippen LogP contribution in [0.15, 0.2) is 36.4 Å². The van der Waals surface area contributed by atoms with Crippen LogP contribution in [0.25, 0.3) is 0 Å². The number of halogens is 1. The van der Waals surface area contributed by atoms with E-state index in [1.807, 2.05) is 19.1 Å². The Bertz CT molecular complexity index is 710. The molecule has 0 N–H and O–H groups in total. The van der Waals surface area contributed by atoms with Crippen molar-refractivity contribution in [3.8, 4) is 6.07 Å². The minimum atomic E-state index is -0.824. The number of nitriles is 1. The molecular formula is C14H10ClN3O2. The molecule has 1 unspecified atom stereocenters. The van der Waals surface area contributed by atoms with Crippen molar-refractivity contribution in [1.29, 1.82) is 5.26 Å². The Hall–Kier alpha value is -2.45. The SMILES string of the molecule is Cc1ccccc1C(C#N)c1nc(Cl)ccc1[N+](=O)[O-].